The molecule has 0 saturated heterocycles. The third-order valence-corrected chi connectivity index (χ3v) is 5.89. The van der Waals surface area contributed by atoms with Crippen LogP contribution in [0.15, 0.2) is 72.8 Å². The molecule has 0 spiro atoms. The number of aryl methyl sites for hydroxylation is 1. The molecule has 0 unspecified atom stereocenters. The highest BCUT2D eigenvalue weighted by molar-refractivity contribution is 6.06. The molecule has 0 aliphatic rings. The zero-order valence-electron chi connectivity index (χ0n) is 19.3. The van der Waals surface area contributed by atoms with Crippen LogP contribution in [0.2, 0.25) is 0 Å². The van der Waals surface area contributed by atoms with E-state index >= 15 is 0 Å². The summed E-state index contributed by atoms with van der Waals surface area (Å²) < 4.78 is 0. The van der Waals surface area contributed by atoms with Crippen molar-refractivity contribution in [3.05, 3.63) is 89.6 Å². The van der Waals surface area contributed by atoms with Gasteiger partial charge in [0.05, 0.1) is 5.41 Å². The molecule has 4 rings (SSSR count). The van der Waals surface area contributed by atoms with E-state index in [4.69, 9.17) is 0 Å². The minimum atomic E-state index is -1.11. The van der Waals surface area contributed by atoms with Crippen molar-refractivity contribution in [2.75, 3.05) is 5.32 Å². The number of carboxylic acid groups (broad SMARTS) is 1. The molecule has 1 heterocycles. The van der Waals surface area contributed by atoms with Gasteiger partial charge < -0.3 is 15.4 Å². The van der Waals surface area contributed by atoms with E-state index in [1.165, 1.54) is 0 Å². The summed E-state index contributed by atoms with van der Waals surface area (Å²) in [6.07, 6.45) is -0.0634. The second-order valence-corrected chi connectivity index (χ2v) is 9.17. The lowest BCUT2D eigenvalue weighted by molar-refractivity contribution is -0.146. The number of nitrogens with one attached hydrogen (secondary N) is 2. The van der Waals surface area contributed by atoms with Crippen LogP contribution < -0.4 is 5.32 Å². The maximum Gasteiger partial charge on any atom is 0.309 e. The fourth-order valence-corrected chi connectivity index (χ4v) is 3.75. The molecule has 172 valence electrons. The van der Waals surface area contributed by atoms with Crippen molar-refractivity contribution in [3.8, 4) is 11.1 Å². The largest absolute Gasteiger partial charge is 0.481 e. The first-order chi connectivity index (χ1) is 16.1. The highest BCUT2D eigenvalue weighted by Crippen LogP contribution is 2.26. The number of fused-ring (bicyclic) bond motifs is 1. The van der Waals surface area contributed by atoms with Crippen molar-refractivity contribution < 1.29 is 19.5 Å². The summed E-state index contributed by atoms with van der Waals surface area (Å²) in [5, 5.41) is 13.1. The molecule has 34 heavy (non-hydrogen) atoms. The number of Topliss-reactive ketones (excluding diaryl/α,β-unsaturated/α-hetero) is 1. The normalized spacial score (nSPS) is 11.4. The number of amides is 1. The fraction of sp³-hybridized carbons (Fsp3) is 0.179. The molecule has 0 saturated carbocycles. The first kappa shape index (κ1) is 23.0. The van der Waals surface area contributed by atoms with Gasteiger partial charge in [-0.1, -0.05) is 48.0 Å². The zero-order valence-corrected chi connectivity index (χ0v) is 19.3. The quantitative estimate of drug-likeness (QED) is 0.295. The van der Waals surface area contributed by atoms with Gasteiger partial charge in [0, 0.05) is 28.6 Å². The Labute approximate surface area is 197 Å². The fourth-order valence-electron chi connectivity index (χ4n) is 3.75. The summed E-state index contributed by atoms with van der Waals surface area (Å²) in [6.45, 7) is 5.10. The van der Waals surface area contributed by atoms with Gasteiger partial charge in [0.1, 0.15) is 5.69 Å². The van der Waals surface area contributed by atoms with Crippen molar-refractivity contribution in [2.24, 2.45) is 5.41 Å². The SMILES string of the molecule is Cc1ccc2[nH]c(C(=O)Nc3ccc(-c4ccc(C(=O)CC(C)(C)C(=O)O)cc4)cc3)cc2c1. The number of carbonyl (C=O) groups excluding carboxylic acids is 2. The Balaban J connectivity index is 1.43. The van der Waals surface area contributed by atoms with Crippen molar-refractivity contribution in [1.82, 2.24) is 4.98 Å². The number of hydrogen-bond donors (Lipinski definition) is 3. The monoisotopic (exact) mass is 454 g/mol. The van der Waals surface area contributed by atoms with Crippen LogP contribution in [-0.4, -0.2) is 27.8 Å². The molecule has 6 nitrogen and oxygen atoms in total. The van der Waals surface area contributed by atoms with Gasteiger partial charge in [-0.05, 0) is 62.2 Å². The molecule has 0 aliphatic heterocycles. The van der Waals surface area contributed by atoms with Gasteiger partial charge in [-0.15, -0.1) is 0 Å². The number of aliphatic carboxylic acids is 1. The molecule has 3 N–H and O–H groups in total. The van der Waals surface area contributed by atoms with Crippen LogP contribution in [0.5, 0.6) is 0 Å². The van der Waals surface area contributed by atoms with Crippen LogP contribution in [0.3, 0.4) is 0 Å². The van der Waals surface area contributed by atoms with E-state index in [-0.39, 0.29) is 18.1 Å². The van der Waals surface area contributed by atoms with Crippen LogP contribution in [0.25, 0.3) is 22.0 Å². The maximum absolute atomic E-state index is 12.7. The summed E-state index contributed by atoms with van der Waals surface area (Å²) >= 11 is 0. The van der Waals surface area contributed by atoms with Gasteiger partial charge in [-0.2, -0.15) is 0 Å². The second-order valence-electron chi connectivity index (χ2n) is 9.17. The maximum atomic E-state index is 12.7. The van der Waals surface area contributed by atoms with Crippen molar-refractivity contribution >= 4 is 34.3 Å². The number of anilines is 1. The predicted octanol–water partition coefficient (Wildman–Crippen LogP) is 6.08. The number of hydrogen-bond acceptors (Lipinski definition) is 3. The zero-order chi connectivity index (χ0) is 24.5. The van der Waals surface area contributed by atoms with Gasteiger partial charge >= 0.3 is 5.97 Å². The second kappa shape index (κ2) is 8.98. The average Bonchev–Trinajstić information content (AvgIpc) is 3.23. The molecule has 0 atom stereocenters. The molecule has 0 bridgehead atoms. The molecule has 1 aromatic heterocycles. The van der Waals surface area contributed by atoms with Gasteiger partial charge in [0.25, 0.3) is 5.91 Å². The summed E-state index contributed by atoms with van der Waals surface area (Å²) in [5.74, 6) is -1.41. The summed E-state index contributed by atoms with van der Waals surface area (Å²) in [4.78, 5) is 39.5. The lowest BCUT2D eigenvalue weighted by Crippen LogP contribution is -2.26. The van der Waals surface area contributed by atoms with Crippen LogP contribution in [0, 0.1) is 12.3 Å². The Bertz CT molecular complexity index is 1380. The smallest absolute Gasteiger partial charge is 0.309 e. The molecule has 0 radical (unpaired) electrons. The van der Waals surface area contributed by atoms with Crippen LogP contribution >= 0.6 is 0 Å². The minimum absolute atomic E-state index is 0.0634. The van der Waals surface area contributed by atoms with Crippen LogP contribution in [0.4, 0.5) is 5.69 Å². The number of carboxylic acids is 1. The van der Waals surface area contributed by atoms with E-state index in [2.05, 4.69) is 10.3 Å². The Morgan fingerprint density at radius 1 is 0.882 bits per heavy atom. The van der Waals surface area contributed by atoms with E-state index < -0.39 is 11.4 Å². The van der Waals surface area contributed by atoms with Crippen molar-refractivity contribution in [3.63, 3.8) is 0 Å². The Morgan fingerprint density at radius 3 is 2.12 bits per heavy atom. The Morgan fingerprint density at radius 2 is 1.50 bits per heavy atom. The first-order valence-corrected chi connectivity index (χ1v) is 11.0. The third-order valence-electron chi connectivity index (χ3n) is 5.89. The van der Waals surface area contributed by atoms with E-state index in [1.54, 1.807) is 26.0 Å². The lowest BCUT2D eigenvalue weighted by Gasteiger charge is -2.17. The number of aromatic nitrogens is 1. The Kier molecular flexibility index (Phi) is 6.07. The van der Waals surface area contributed by atoms with E-state index in [0.29, 0.717) is 16.9 Å². The first-order valence-electron chi connectivity index (χ1n) is 11.0. The topological polar surface area (TPSA) is 99.3 Å². The van der Waals surface area contributed by atoms with Gasteiger partial charge in [-0.25, -0.2) is 0 Å². The lowest BCUT2D eigenvalue weighted by atomic mass is 9.85. The van der Waals surface area contributed by atoms with Crippen molar-refractivity contribution in [2.45, 2.75) is 27.2 Å². The highest BCUT2D eigenvalue weighted by atomic mass is 16.4. The molecular weight excluding hydrogens is 428 g/mol. The average molecular weight is 455 g/mol. The molecule has 0 fully saturated rings. The summed E-state index contributed by atoms with van der Waals surface area (Å²) in [6, 6.07) is 22.4. The highest BCUT2D eigenvalue weighted by Gasteiger charge is 2.30. The predicted molar refractivity (Wildman–Crippen MR) is 133 cm³/mol. The number of benzene rings is 3. The number of ketones is 1. The summed E-state index contributed by atoms with van der Waals surface area (Å²) in [7, 11) is 0. The number of aromatic amines is 1. The van der Waals surface area contributed by atoms with Crippen LogP contribution in [0.1, 0.15) is 46.7 Å². The number of rotatable bonds is 7. The standard InChI is InChI=1S/C28H26N2O4/c1-17-4-13-23-21(14-17)15-24(30-23)26(32)29-22-11-9-19(10-12-22)18-5-7-20(8-6-18)25(31)16-28(2,3)27(33)34/h4-15,30H,16H2,1-3H3,(H,29,32)(H,33,34). The molecule has 6 heteroatoms. The van der Waals surface area contributed by atoms with E-state index in [9.17, 15) is 19.5 Å². The van der Waals surface area contributed by atoms with Gasteiger partial charge in [-0.3, -0.25) is 14.4 Å². The molecule has 0 aliphatic carbocycles. The summed E-state index contributed by atoms with van der Waals surface area (Å²) in [5.41, 5.74) is 4.44. The van der Waals surface area contributed by atoms with Gasteiger partial charge in [0.15, 0.2) is 5.78 Å². The van der Waals surface area contributed by atoms with E-state index in [0.717, 1.165) is 27.6 Å². The van der Waals surface area contributed by atoms with Gasteiger partial charge in [0.2, 0.25) is 0 Å². The third kappa shape index (κ3) is 4.91. The minimum Gasteiger partial charge on any atom is -0.481 e. The molecule has 1 amide bonds. The van der Waals surface area contributed by atoms with E-state index in [1.807, 2.05) is 67.6 Å². The molecular formula is C28H26N2O4. The Hall–Kier alpha value is -4.19. The molecule has 3 aromatic carbocycles. The number of H-pyrrole nitrogens is 1. The van der Waals surface area contributed by atoms with Crippen molar-refractivity contribution in [1.29, 1.82) is 0 Å². The van der Waals surface area contributed by atoms with Crippen LogP contribution in [-0.2, 0) is 4.79 Å². The molecule has 4 aromatic rings. The number of carbonyl (C=O) groups is 3.